The molecule has 1 saturated heterocycles. The van der Waals surface area contributed by atoms with Crippen molar-refractivity contribution in [3.63, 3.8) is 0 Å². The van der Waals surface area contributed by atoms with Crippen LogP contribution in [0, 0.1) is 0 Å². The quantitative estimate of drug-likeness (QED) is 0.820. The Morgan fingerprint density at radius 2 is 2.12 bits per heavy atom. The number of rotatable bonds is 2. The van der Waals surface area contributed by atoms with Crippen molar-refractivity contribution in [1.82, 2.24) is 10.3 Å². The van der Waals surface area contributed by atoms with Crippen molar-refractivity contribution in [2.24, 2.45) is 0 Å². The van der Waals surface area contributed by atoms with Crippen LogP contribution in [0.4, 0.5) is 0 Å². The smallest absolute Gasteiger partial charge is 0.417 e. The first-order valence-corrected chi connectivity index (χ1v) is 5.82. The summed E-state index contributed by atoms with van der Waals surface area (Å²) in [6.07, 6.45) is 2.18. The van der Waals surface area contributed by atoms with E-state index in [9.17, 15) is 4.79 Å². The van der Waals surface area contributed by atoms with Gasteiger partial charge in [-0.3, -0.25) is 4.98 Å². The predicted octanol–water partition coefficient (Wildman–Crippen LogP) is 1.25. The maximum absolute atomic E-state index is 11.1. The molecule has 0 saturated carbocycles. The van der Waals surface area contributed by atoms with Gasteiger partial charge in [0, 0.05) is 0 Å². The minimum Gasteiger partial charge on any atom is -0.488 e. The van der Waals surface area contributed by atoms with E-state index in [1.54, 1.807) is 6.07 Å². The Kier molecular flexibility index (Phi) is 2.60. The fourth-order valence-corrected chi connectivity index (χ4v) is 2.14. The molecule has 2 heterocycles. The molecule has 0 radical (unpaired) electrons. The van der Waals surface area contributed by atoms with Crippen molar-refractivity contribution < 1.29 is 9.15 Å². The molecule has 0 spiro atoms. The summed E-state index contributed by atoms with van der Waals surface area (Å²) in [4.78, 5) is 13.8. The van der Waals surface area contributed by atoms with Crippen LogP contribution in [0.15, 0.2) is 27.4 Å². The van der Waals surface area contributed by atoms with Gasteiger partial charge in [0.25, 0.3) is 0 Å². The first-order chi connectivity index (χ1) is 8.33. The molecule has 1 aromatic heterocycles. The summed E-state index contributed by atoms with van der Waals surface area (Å²) in [5.74, 6) is 0.251. The third kappa shape index (κ3) is 2.06. The predicted molar refractivity (Wildman–Crippen MR) is 63.4 cm³/mol. The summed E-state index contributed by atoms with van der Waals surface area (Å²) in [6.45, 7) is 1.95. The molecular formula is C12H14N2O3. The number of para-hydroxylation sites is 1. The van der Waals surface area contributed by atoms with E-state index in [-0.39, 0.29) is 6.10 Å². The first-order valence-electron chi connectivity index (χ1n) is 5.82. The fourth-order valence-electron chi connectivity index (χ4n) is 2.14. The van der Waals surface area contributed by atoms with Crippen molar-refractivity contribution in [2.45, 2.75) is 18.9 Å². The van der Waals surface area contributed by atoms with Gasteiger partial charge in [0.2, 0.25) is 0 Å². The minimum atomic E-state index is -0.443. The second-order valence-electron chi connectivity index (χ2n) is 4.21. The summed E-state index contributed by atoms with van der Waals surface area (Å²) in [5, 5.41) is 3.29. The number of hydrogen-bond donors (Lipinski definition) is 2. The van der Waals surface area contributed by atoms with E-state index in [1.807, 2.05) is 12.1 Å². The third-order valence-corrected chi connectivity index (χ3v) is 3.00. The molecule has 2 N–H and O–H groups in total. The monoisotopic (exact) mass is 234 g/mol. The molecule has 1 aromatic carbocycles. The number of fused-ring (bicyclic) bond motifs is 1. The first kappa shape index (κ1) is 10.4. The lowest BCUT2D eigenvalue weighted by molar-refractivity contribution is 0.164. The lowest BCUT2D eigenvalue weighted by Gasteiger charge is -2.23. The van der Waals surface area contributed by atoms with E-state index in [2.05, 4.69) is 10.3 Å². The molecule has 17 heavy (non-hydrogen) atoms. The highest BCUT2D eigenvalue weighted by atomic mass is 16.5. The molecule has 5 nitrogen and oxygen atoms in total. The molecule has 2 aromatic rings. The largest absolute Gasteiger partial charge is 0.488 e. The van der Waals surface area contributed by atoms with Crippen molar-refractivity contribution in [3.8, 4) is 5.75 Å². The van der Waals surface area contributed by atoms with Crippen LogP contribution in [0.25, 0.3) is 11.1 Å². The van der Waals surface area contributed by atoms with Crippen LogP contribution in [-0.4, -0.2) is 24.2 Å². The fraction of sp³-hybridized carbons (Fsp3) is 0.417. The molecule has 0 atom stereocenters. The Labute approximate surface area is 97.8 Å². The number of benzene rings is 1. The van der Waals surface area contributed by atoms with Gasteiger partial charge >= 0.3 is 5.76 Å². The van der Waals surface area contributed by atoms with Crippen molar-refractivity contribution in [3.05, 3.63) is 28.7 Å². The molecule has 5 heteroatoms. The zero-order valence-electron chi connectivity index (χ0n) is 9.36. The van der Waals surface area contributed by atoms with Gasteiger partial charge in [-0.1, -0.05) is 6.07 Å². The average Bonchev–Trinajstić information content (AvgIpc) is 2.72. The second kappa shape index (κ2) is 4.25. The summed E-state index contributed by atoms with van der Waals surface area (Å²) in [6, 6.07) is 5.44. The van der Waals surface area contributed by atoms with Crippen molar-refractivity contribution in [1.29, 1.82) is 0 Å². The Bertz CT molecular complexity index is 566. The molecule has 90 valence electrons. The van der Waals surface area contributed by atoms with Gasteiger partial charge in [0.1, 0.15) is 17.4 Å². The Hall–Kier alpha value is -1.75. The SMILES string of the molecule is O=c1[nH]c2c(OC3CCNCC3)cccc2o1. The maximum atomic E-state index is 11.1. The summed E-state index contributed by atoms with van der Waals surface area (Å²) < 4.78 is 10.9. The van der Waals surface area contributed by atoms with Crippen molar-refractivity contribution in [2.75, 3.05) is 13.1 Å². The topological polar surface area (TPSA) is 67.3 Å². The van der Waals surface area contributed by atoms with Crippen LogP contribution >= 0.6 is 0 Å². The third-order valence-electron chi connectivity index (χ3n) is 3.00. The molecule has 0 aliphatic carbocycles. The van der Waals surface area contributed by atoms with Crippen molar-refractivity contribution >= 4 is 11.1 Å². The number of ether oxygens (including phenoxy) is 1. The number of H-pyrrole nitrogens is 1. The van der Waals surface area contributed by atoms with E-state index < -0.39 is 5.76 Å². The normalized spacial score (nSPS) is 17.4. The molecule has 3 rings (SSSR count). The number of aromatic nitrogens is 1. The molecule has 1 aliphatic rings. The second-order valence-corrected chi connectivity index (χ2v) is 4.21. The van der Waals surface area contributed by atoms with Gasteiger partial charge in [-0.05, 0) is 38.1 Å². The van der Waals surface area contributed by atoms with Crippen LogP contribution < -0.4 is 15.8 Å². The molecular weight excluding hydrogens is 220 g/mol. The van der Waals surface area contributed by atoms with Gasteiger partial charge in [0.15, 0.2) is 5.58 Å². The average molecular weight is 234 g/mol. The van der Waals surface area contributed by atoms with Gasteiger partial charge in [-0.15, -0.1) is 0 Å². The lowest BCUT2D eigenvalue weighted by Crippen LogP contribution is -2.34. The molecule has 1 fully saturated rings. The summed E-state index contributed by atoms with van der Waals surface area (Å²) in [5.41, 5.74) is 1.19. The van der Waals surface area contributed by atoms with Crippen LogP contribution in [0.3, 0.4) is 0 Å². The highest BCUT2D eigenvalue weighted by Gasteiger charge is 2.16. The highest BCUT2D eigenvalue weighted by Crippen LogP contribution is 2.25. The standard InChI is InChI=1S/C12H14N2O3/c15-12-14-11-9(2-1-3-10(11)17-12)16-8-4-6-13-7-5-8/h1-3,8,13H,4-7H2,(H,14,15). The summed E-state index contributed by atoms with van der Waals surface area (Å²) in [7, 11) is 0. The van der Waals surface area contributed by atoms with E-state index >= 15 is 0 Å². The van der Waals surface area contributed by atoms with Crippen LogP contribution in [0.1, 0.15) is 12.8 Å². The van der Waals surface area contributed by atoms with Gasteiger partial charge in [-0.25, -0.2) is 4.79 Å². The molecule has 0 bridgehead atoms. The number of piperidine rings is 1. The molecule has 0 amide bonds. The lowest BCUT2D eigenvalue weighted by atomic mass is 10.1. The van der Waals surface area contributed by atoms with Crippen LogP contribution in [0.2, 0.25) is 0 Å². The minimum absolute atomic E-state index is 0.209. The Balaban J connectivity index is 1.91. The summed E-state index contributed by atoms with van der Waals surface area (Å²) >= 11 is 0. The molecule has 0 unspecified atom stereocenters. The Morgan fingerprint density at radius 1 is 1.29 bits per heavy atom. The number of oxazole rings is 1. The zero-order valence-corrected chi connectivity index (χ0v) is 9.36. The Morgan fingerprint density at radius 3 is 2.94 bits per heavy atom. The van der Waals surface area contributed by atoms with Crippen LogP contribution in [-0.2, 0) is 0 Å². The van der Waals surface area contributed by atoms with Gasteiger partial charge < -0.3 is 14.5 Å². The number of aromatic amines is 1. The zero-order chi connectivity index (χ0) is 11.7. The van der Waals surface area contributed by atoms with Gasteiger partial charge in [0.05, 0.1) is 0 Å². The van der Waals surface area contributed by atoms with E-state index in [0.29, 0.717) is 16.8 Å². The number of nitrogens with one attached hydrogen (secondary N) is 2. The van der Waals surface area contributed by atoms with E-state index in [1.165, 1.54) is 0 Å². The number of hydrogen-bond acceptors (Lipinski definition) is 4. The molecule has 1 aliphatic heterocycles. The highest BCUT2D eigenvalue weighted by molar-refractivity contribution is 5.79. The maximum Gasteiger partial charge on any atom is 0.417 e. The van der Waals surface area contributed by atoms with Gasteiger partial charge in [-0.2, -0.15) is 0 Å². The van der Waals surface area contributed by atoms with Crippen LogP contribution in [0.5, 0.6) is 5.75 Å². The van der Waals surface area contributed by atoms with E-state index in [0.717, 1.165) is 25.9 Å². The van der Waals surface area contributed by atoms with E-state index in [4.69, 9.17) is 9.15 Å².